The predicted octanol–water partition coefficient (Wildman–Crippen LogP) is 3.44. The third-order valence-electron chi connectivity index (χ3n) is 4.39. The van der Waals surface area contributed by atoms with Gasteiger partial charge in [0.25, 0.3) is 0 Å². The highest BCUT2D eigenvalue weighted by Crippen LogP contribution is 2.22. The van der Waals surface area contributed by atoms with Crippen LogP contribution in [0.15, 0.2) is 48.5 Å². The van der Waals surface area contributed by atoms with E-state index in [9.17, 15) is 4.79 Å². The number of para-hydroxylation sites is 1. The van der Waals surface area contributed by atoms with Gasteiger partial charge in [0.1, 0.15) is 10.8 Å². The molecule has 0 aliphatic carbocycles. The molecule has 0 spiro atoms. The second-order valence-corrected chi connectivity index (χ2v) is 7.35. The lowest BCUT2D eigenvalue weighted by molar-refractivity contribution is -0.125. The molecule has 2 aromatic carbocycles. The van der Waals surface area contributed by atoms with Crippen molar-refractivity contribution in [3.8, 4) is 5.75 Å². The Hall–Kier alpha value is -2.44. The SMILES string of the molecule is COc1ccc(CNC(=O)[C@H](C)N(C)Cc2nc3ccccc3s2)cc1. The van der Waals surface area contributed by atoms with Crippen LogP contribution in [0.1, 0.15) is 17.5 Å². The number of carbonyl (C=O) groups is 1. The topological polar surface area (TPSA) is 54.5 Å². The van der Waals surface area contributed by atoms with E-state index < -0.39 is 0 Å². The highest BCUT2D eigenvalue weighted by molar-refractivity contribution is 7.18. The van der Waals surface area contributed by atoms with E-state index in [1.807, 2.05) is 61.3 Å². The Morgan fingerprint density at radius 3 is 2.65 bits per heavy atom. The molecule has 0 radical (unpaired) electrons. The largest absolute Gasteiger partial charge is 0.497 e. The summed E-state index contributed by atoms with van der Waals surface area (Å²) in [4.78, 5) is 19.1. The number of thiazole rings is 1. The number of nitrogens with zero attached hydrogens (tertiary/aromatic N) is 2. The van der Waals surface area contributed by atoms with Gasteiger partial charge in [-0.3, -0.25) is 9.69 Å². The zero-order valence-corrected chi connectivity index (χ0v) is 16.0. The van der Waals surface area contributed by atoms with Gasteiger partial charge in [-0.15, -0.1) is 11.3 Å². The molecule has 3 aromatic rings. The molecule has 26 heavy (non-hydrogen) atoms. The van der Waals surface area contributed by atoms with Crippen LogP contribution in [0.3, 0.4) is 0 Å². The number of rotatable bonds is 7. The molecule has 1 aromatic heterocycles. The lowest BCUT2D eigenvalue weighted by atomic mass is 10.2. The summed E-state index contributed by atoms with van der Waals surface area (Å²) in [6, 6.07) is 15.5. The molecular weight excluding hydrogens is 346 g/mol. The smallest absolute Gasteiger partial charge is 0.237 e. The molecule has 0 unspecified atom stereocenters. The molecule has 0 fully saturated rings. The average Bonchev–Trinajstić information content (AvgIpc) is 3.08. The highest BCUT2D eigenvalue weighted by atomic mass is 32.1. The monoisotopic (exact) mass is 369 g/mol. The van der Waals surface area contributed by atoms with Crippen molar-refractivity contribution < 1.29 is 9.53 Å². The van der Waals surface area contributed by atoms with Gasteiger partial charge >= 0.3 is 0 Å². The molecule has 1 amide bonds. The summed E-state index contributed by atoms with van der Waals surface area (Å²) < 4.78 is 6.32. The maximum Gasteiger partial charge on any atom is 0.237 e. The summed E-state index contributed by atoms with van der Waals surface area (Å²) in [6.45, 7) is 3.06. The van der Waals surface area contributed by atoms with Gasteiger partial charge < -0.3 is 10.1 Å². The van der Waals surface area contributed by atoms with Gasteiger partial charge in [-0.25, -0.2) is 4.98 Å². The van der Waals surface area contributed by atoms with Gasteiger partial charge in [-0.1, -0.05) is 24.3 Å². The molecule has 1 N–H and O–H groups in total. The third kappa shape index (κ3) is 4.39. The maximum atomic E-state index is 12.4. The zero-order valence-electron chi connectivity index (χ0n) is 15.2. The predicted molar refractivity (Wildman–Crippen MR) is 105 cm³/mol. The summed E-state index contributed by atoms with van der Waals surface area (Å²) in [6.07, 6.45) is 0. The van der Waals surface area contributed by atoms with Gasteiger partial charge in [0.05, 0.1) is 29.9 Å². The van der Waals surface area contributed by atoms with Gasteiger partial charge in [0, 0.05) is 6.54 Å². The number of hydrogen-bond donors (Lipinski definition) is 1. The van der Waals surface area contributed by atoms with Crippen LogP contribution in [-0.4, -0.2) is 36.0 Å². The molecule has 3 rings (SSSR count). The average molecular weight is 369 g/mol. The van der Waals surface area contributed by atoms with Crippen LogP contribution in [0, 0.1) is 0 Å². The molecule has 0 saturated heterocycles. The van der Waals surface area contributed by atoms with Crippen LogP contribution < -0.4 is 10.1 Å². The van der Waals surface area contributed by atoms with Crippen LogP contribution in [0.4, 0.5) is 0 Å². The zero-order chi connectivity index (χ0) is 18.5. The first kappa shape index (κ1) is 18.4. The molecule has 6 heteroatoms. The van der Waals surface area contributed by atoms with E-state index in [-0.39, 0.29) is 11.9 Å². The molecule has 1 heterocycles. The fraction of sp³-hybridized carbons (Fsp3) is 0.300. The van der Waals surface area contributed by atoms with Crippen molar-refractivity contribution in [1.29, 1.82) is 0 Å². The van der Waals surface area contributed by atoms with E-state index in [1.165, 1.54) is 4.70 Å². The van der Waals surface area contributed by atoms with Crippen molar-refractivity contribution in [2.24, 2.45) is 0 Å². The number of ether oxygens (including phenoxy) is 1. The minimum absolute atomic E-state index is 0.00410. The lowest BCUT2D eigenvalue weighted by Gasteiger charge is -2.22. The summed E-state index contributed by atoms with van der Waals surface area (Å²) in [5, 5.41) is 4.01. The van der Waals surface area contributed by atoms with E-state index in [1.54, 1.807) is 18.4 Å². The molecule has 0 aliphatic rings. The highest BCUT2D eigenvalue weighted by Gasteiger charge is 2.19. The van der Waals surface area contributed by atoms with Gasteiger partial charge in [-0.05, 0) is 43.8 Å². The number of fused-ring (bicyclic) bond motifs is 1. The Bertz CT molecular complexity index is 843. The summed E-state index contributed by atoms with van der Waals surface area (Å²) >= 11 is 1.67. The van der Waals surface area contributed by atoms with Crippen LogP contribution >= 0.6 is 11.3 Å². The van der Waals surface area contributed by atoms with Crippen LogP contribution in [-0.2, 0) is 17.9 Å². The number of aromatic nitrogens is 1. The Kier molecular flexibility index (Phi) is 5.85. The third-order valence-corrected chi connectivity index (χ3v) is 5.41. The molecule has 0 bridgehead atoms. The quantitative estimate of drug-likeness (QED) is 0.693. The Balaban J connectivity index is 1.54. The molecule has 1 atom stereocenters. The first-order chi connectivity index (χ1) is 12.6. The second kappa shape index (κ2) is 8.29. The van der Waals surface area contributed by atoms with E-state index in [0.29, 0.717) is 13.1 Å². The number of carbonyl (C=O) groups excluding carboxylic acids is 1. The first-order valence-electron chi connectivity index (χ1n) is 8.52. The van der Waals surface area contributed by atoms with E-state index in [2.05, 4.69) is 16.4 Å². The maximum absolute atomic E-state index is 12.4. The van der Waals surface area contributed by atoms with Crippen molar-refractivity contribution >= 4 is 27.5 Å². The van der Waals surface area contributed by atoms with Crippen molar-refractivity contribution in [3.05, 3.63) is 59.1 Å². The summed E-state index contributed by atoms with van der Waals surface area (Å²) in [5.41, 5.74) is 2.05. The van der Waals surface area contributed by atoms with Crippen molar-refractivity contribution in [2.75, 3.05) is 14.2 Å². The fourth-order valence-electron chi connectivity index (χ4n) is 2.62. The summed E-state index contributed by atoms with van der Waals surface area (Å²) in [5.74, 6) is 0.813. The standard InChI is InChI=1S/C20H23N3O2S/c1-14(20(24)21-12-15-8-10-16(25-3)11-9-15)23(2)13-19-22-17-6-4-5-7-18(17)26-19/h4-11,14H,12-13H2,1-3H3,(H,21,24)/t14-/m0/s1. The summed E-state index contributed by atoms with van der Waals surface area (Å²) in [7, 11) is 3.59. The van der Waals surface area contributed by atoms with Crippen molar-refractivity contribution in [2.45, 2.75) is 26.1 Å². The van der Waals surface area contributed by atoms with Crippen molar-refractivity contribution in [3.63, 3.8) is 0 Å². The van der Waals surface area contributed by atoms with Gasteiger partial charge in [0.2, 0.25) is 5.91 Å². The molecular formula is C20H23N3O2S. The van der Waals surface area contributed by atoms with Crippen LogP contribution in [0.25, 0.3) is 10.2 Å². The van der Waals surface area contributed by atoms with E-state index in [0.717, 1.165) is 21.8 Å². The Morgan fingerprint density at radius 2 is 1.96 bits per heavy atom. The second-order valence-electron chi connectivity index (χ2n) is 6.23. The molecule has 0 aliphatic heterocycles. The Morgan fingerprint density at radius 1 is 1.23 bits per heavy atom. The van der Waals surface area contributed by atoms with Gasteiger partial charge in [0.15, 0.2) is 0 Å². The molecule has 5 nitrogen and oxygen atoms in total. The Labute approximate surface area is 157 Å². The van der Waals surface area contributed by atoms with Gasteiger partial charge in [-0.2, -0.15) is 0 Å². The number of methoxy groups -OCH3 is 1. The van der Waals surface area contributed by atoms with E-state index in [4.69, 9.17) is 4.74 Å². The minimum atomic E-state index is -0.236. The normalized spacial score (nSPS) is 12.3. The van der Waals surface area contributed by atoms with Crippen LogP contribution in [0.2, 0.25) is 0 Å². The number of benzene rings is 2. The number of likely N-dealkylation sites (N-methyl/N-ethyl adjacent to an activating group) is 1. The first-order valence-corrected chi connectivity index (χ1v) is 9.34. The number of hydrogen-bond acceptors (Lipinski definition) is 5. The molecule has 0 saturated carbocycles. The minimum Gasteiger partial charge on any atom is -0.497 e. The van der Waals surface area contributed by atoms with E-state index >= 15 is 0 Å². The van der Waals surface area contributed by atoms with Crippen molar-refractivity contribution in [1.82, 2.24) is 15.2 Å². The molecule has 136 valence electrons. The van der Waals surface area contributed by atoms with Crippen LogP contribution in [0.5, 0.6) is 5.75 Å². The lowest BCUT2D eigenvalue weighted by Crippen LogP contribution is -2.42. The fourth-order valence-corrected chi connectivity index (χ4v) is 3.65. The number of amides is 1. The number of nitrogens with one attached hydrogen (secondary N) is 1.